The summed E-state index contributed by atoms with van der Waals surface area (Å²) in [6.45, 7) is 5.37. The highest BCUT2D eigenvalue weighted by molar-refractivity contribution is 5.92. The summed E-state index contributed by atoms with van der Waals surface area (Å²) < 4.78 is 4.71. The van der Waals surface area contributed by atoms with E-state index in [4.69, 9.17) is 10.5 Å². The number of carbonyl (C=O) groups excluding carboxylic acids is 1. The average molecular weight is 262 g/mol. The molecule has 0 unspecified atom stereocenters. The number of hydrogen-bond donors (Lipinski definition) is 1. The summed E-state index contributed by atoms with van der Waals surface area (Å²) in [5.74, 6) is 0.443. The van der Waals surface area contributed by atoms with E-state index in [2.05, 4.69) is 18.7 Å². The van der Waals surface area contributed by atoms with E-state index in [1.54, 1.807) is 12.1 Å². The predicted molar refractivity (Wildman–Crippen MR) is 77.4 cm³/mol. The van der Waals surface area contributed by atoms with Gasteiger partial charge in [0, 0.05) is 12.6 Å². The lowest BCUT2D eigenvalue weighted by atomic mass is 10.1. The molecule has 0 spiro atoms. The number of benzene rings is 1. The number of hydrogen-bond acceptors (Lipinski definition) is 4. The Bertz CT molecular complexity index is 467. The lowest BCUT2D eigenvalue weighted by molar-refractivity contribution is 0.0601. The van der Waals surface area contributed by atoms with Crippen LogP contribution in [0.4, 0.5) is 11.4 Å². The second-order valence-corrected chi connectivity index (χ2v) is 5.45. The Labute approximate surface area is 114 Å². The third kappa shape index (κ3) is 3.19. The Morgan fingerprint density at radius 1 is 1.47 bits per heavy atom. The first-order valence-electron chi connectivity index (χ1n) is 6.77. The fraction of sp³-hybridized carbons (Fsp3) is 0.533. The lowest BCUT2D eigenvalue weighted by Gasteiger charge is -2.30. The van der Waals surface area contributed by atoms with Crippen molar-refractivity contribution in [2.45, 2.75) is 32.7 Å². The van der Waals surface area contributed by atoms with Gasteiger partial charge in [-0.3, -0.25) is 0 Å². The zero-order valence-electron chi connectivity index (χ0n) is 11.8. The summed E-state index contributed by atoms with van der Waals surface area (Å²) in [7, 11) is 1.37. The van der Waals surface area contributed by atoms with Gasteiger partial charge in [-0.2, -0.15) is 0 Å². The number of rotatable bonds is 5. The first-order valence-corrected chi connectivity index (χ1v) is 6.77. The minimum absolute atomic E-state index is 0.350. The molecule has 2 N–H and O–H groups in total. The highest BCUT2D eigenvalue weighted by Gasteiger charge is 2.26. The molecule has 1 aromatic carbocycles. The molecule has 104 valence electrons. The minimum atomic E-state index is -0.350. The van der Waals surface area contributed by atoms with Gasteiger partial charge in [0.15, 0.2) is 0 Å². The summed E-state index contributed by atoms with van der Waals surface area (Å²) >= 11 is 0. The van der Waals surface area contributed by atoms with Crippen LogP contribution in [-0.4, -0.2) is 25.7 Å². The molecule has 0 saturated heterocycles. The first kappa shape index (κ1) is 13.7. The second-order valence-electron chi connectivity index (χ2n) is 5.45. The summed E-state index contributed by atoms with van der Waals surface area (Å²) in [5, 5.41) is 0. The number of methoxy groups -OCH3 is 1. The summed E-state index contributed by atoms with van der Waals surface area (Å²) in [4.78, 5) is 13.8. The van der Waals surface area contributed by atoms with Gasteiger partial charge in [-0.25, -0.2) is 4.79 Å². The number of anilines is 2. The Balaban J connectivity index is 2.24. The summed E-state index contributed by atoms with van der Waals surface area (Å²) in [5.41, 5.74) is 8.24. The van der Waals surface area contributed by atoms with Crippen LogP contribution in [0.3, 0.4) is 0 Å². The summed E-state index contributed by atoms with van der Waals surface area (Å²) in [6, 6.07) is 5.79. The highest BCUT2D eigenvalue weighted by atomic mass is 16.5. The number of carbonyl (C=O) groups is 1. The molecule has 0 amide bonds. The Morgan fingerprint density at radius 3 is 2.63 bits per heavy atom. The molecule has 0 aromatic heterocycles. The molecular formula is C15H22N2O2. The third-order valence-electron chi connectivity index (χ3n) is 3.53. The van der Waals surface area contributed by atoms with Crippen molar-refractivity contribution < 1.29 is 9.53 Å². The van der Waals surface area contributed by atoms with E-state index >= 15 is 0 Å². The molecule has 1 fully saturated rings. The van der Waals surface area contributed by atoms with Gasteiger partial charge in [0.25, 0.3) is 0 Å². The molecule has 0 atom stereocenters. The van der Waals surface area contributed by atoms with Crippen LogP contribution in [0, 0.1) is 5.92 Å². The smallest absolute Gasteiger partial charge is 0.337 e. The zero-order chi connectivity index (χ0) is 14.0. The van der Waals surface area contributed by atoms with E-state index < -0.39 is 0 Å². The van der Waals surface area contributed by atoms with Crippen LogP contribution in [-0.2, 0) is 4.74 Å². The third-order valence-corrected chi connectivity index (χ3v) is 3.53. The molecule has 0 bridgehead atoms. The van der Waals surface area contributed by atoms with Crippen molar-refractivity contribution in [3.05, 3.63) is 23.8 Å². The van der Waals surface area contributed by atoms with E-state index in [0.717, 1.165) is 18.2 Å². The Morgan fingerprint density at radius 2 is 2.16 bits per heavy atom. The SMILES string of the molecule is COC(=O)c1ccc(N(CC2CC2)C(C)C)c(N)c1. The largest absolute Gasteiger partial charge is 0.465 e. The first-order chi connectivity index (χ1) is 9.02. The quantitative estimate of drug-likeness (QED) is 0.654. The van der Waals surface area contributed by atoms with E-state index in [1.807, 2.05) is 6.07 Å². The summed E-state index contributed by atoms with van der Waals surface area (Å²) in [6.07, 6.45) is 2.62. The van der Waals surface area contributed by atoms with Crippen molar-refractivity contribution in [1.82, 2.24) is 0 Å². The van der Waals surface area contributed by atoms with Crippen molar-refractivity contribution in [2.24, 2.45) is 5.92 Å². The molecule has 1 aromatic rings. The molecule has 2 rings (SSSR count). The molecule has 19 heavy (non-hydrogen) atoms. The molecule has 4 nitrogen and oxygen atoms in total. The maximum Gasteiger partial charge on any atom is 0.337 e. The Hall–Kier alpha value is -1.71. The molecule has 1 saturated carbocycles. The van der Waals surface area contributed by atoms with E-state index in [-0.39, 0.29) is 5.97 Å². The van der Waals surface area contributed by atoms with E-state index in [1.165, 1.54) is 20.0 Å². The van der Waals surface area contributed by atoms with E-state index in [9.17, 15) is 4.79 Å². The maximum absolute atomic E-state index is 11.5. The zero-order valence-corrected chi connectivity index (χ0v) is 11.8. The van der Waals surface area contributed by atoms with Gasteiger partial charge < -0.3 is 15.4 Å². The monoisotopic (exact) mass is 262 g/mol. The van der Waals surface area contributed by atoms with Crippen molar-refractivity contribution in [3.63, 3.8) is 0 Å². The fourth-order valence-electron chi connectivity index (χ4n) is 2.23. The molecule has 0 radical (unpaired) electrons. The van der Waals surface area contributed by atoms with Crippen LogP contribution >= 0.6 is 0 Å². The van der Waals surface area contributed by atoms with Crippen molar-refractivity contribution >= 4 is 17.3 Å². The number of esters is 1. The Kier molecular flexibility index (Phi) is 3.98. The van der Waals surface area contributed by atoms with Crippen LogP contribution in [0.15, 0.2) is 18.2 Å². The molecule has 4 heteroatoms. The molecular weight excluding hydrogens is 240 g/mol. The predicted octanol–water partition coefficient (Wildman–Crippen LogP) is 2.68. The number of nitrogens with zero attached hydrogens (tertiary/aromatic N) is 1. The normalized spacial score (nSPS) is 14.5. The van der Waals surface area contributed by atoms with Crippen LogP contribution in [0.25, 0.3) is 0 Å². The maximum atomic E-state index is 11.5. The average Bonchev–Trinajstić information content (AvgIpc) is 3.19. The van der Waals surface area contributed by atoms with Crippen molar-refractivity contribution in [2.75, 3.05) is 24.3 Å². The number of ether oxygens (including phenoxy) is 1. The minimum Gasteiger partial charge on any atom is -0.465 e. The van der Waals surface area contributed by atoms with E-state index in [0.29, 0.717) is 17.3 Å². The van der Waals surface area contributed by atoms with Gasteiger partial charge in [-0.1, -0.05) is 0 Å². The highest BCUT2D eigenvalue weighted by Crippen LogP contribution is 2.34. The van der Waals surface area contributed by atoms with Crippen LogP contribution in [0.5, 0.6) is 0 Å². The number of nitrogen functional groups attached to an aromatic ring is 1. The van der Waals surface area contributed by atoms with Gasteiger partial charge in [0.2, 0.25) is 0 Å². The molecule has 0 heterocycles. The molecule has 0 aliphatic heterocycles. The van der Waals surface area contributed by atoms with Crippen LogP contribution < -0.4 is 10.6 Å². The second kappa shape index (κ2) is 5.51. The van der Waals surface area contributed by atoms with Gasteiger partial charge >= 0.3 is 5.97 Å². The standard InChI is InChI=1S/C15H22N2O2/c1-10(2)17(9-11-4-5-11)14-7-6-12(8-13(14)16)15(18)19-3/h6-8,10-11H,4-5,9,16H2,1-3H3. The van der Waals surface area contributed by atoms with Crippen LogP contribution in [0.1, 0.15) is 37.0 Å². The molecule has 1 aliphatic carbocycles. The number of nitrogens with two attached hydrogens (primary N) is 1. The lowest BCUT2D eigenvalue weighted by Crippen LogP contribution is -2.33. The topological polar surface area (TPSA) is 55.6 Å². The van der Waals surface area contributed by atoms with Gasteiger partial charge in [-0.05, 0) is 50.8 Å². The fourth-order valence-corrected chi connectivity index (χ4v) is 2.23. The molecule has 1 aliphatic rings. The van der Waals surface area contributed by atoms with Crippen molar-refractivity contribution in [3.8, 4) is 0 Å². The van der Waals surface area contributed by atoms with Gasteiger partial charge in [0.05, 0.1) is 24.0 Å². The van der Waals surface area contributed by atoms with Gasteiger partial charge in [-0.15, -0.1) is 0 Å². The van der Waals surface area contributed by atoms with Gasteiger partial charge in [0.1, 0.15) is 0 Å². The van der Waals surface area contributed by atoms with Crippen molar-refractivity contribution in [1.29, 1.82) is 0 Å². The van der Waals surface area contributed by atoms with Crippen LogP contribution in [0.2, 0.25) is 0 Å².